The summed E-state index contributed by atoms with van der Waals surface area (Å²) < 4.78 is 5.09. The van der Waals surface area contributed by atoms with Crippen molar-refractivity contribution in [1.29, 1.82) is 0 Å². The van der Waals surface area contributed by atoms with E-state index in [0.717, 1.165) is 38.4 Å². The van der Waals surface area contributed by atoms with Crippen LogP contribution in [0.5, 0.6) is 0 Å². The number of hydrogen-bond acceptors (Lipinski definition) is 4. The summed E-state index contributed by atoms with van der Waals surface area (Å²) in [5.41, 5.74) is 3.08. The Kier molecular flexibility index (Phi) is 7.71. The number of anilines is 1. The summed E-state index contributed by atoms with van der Waals surface area (Å²) in [6.07, 6.45) is 0. The van der Waals surface area contributed by atoms with Crippen molar-refractivity contribution in [3.63, 3.8) is 0 Å². The fourth-order valence-corrected chi connectivity index (χ4v) is 3.05. The molecule has 25 heavy (non-hydrogen) atoms. The van der Waals surface area contributed by atoms with Gasteiger partial charge in [-0.25, -0.2) is 4.79 Å². The van der Waals surface area contributed by atoms with E-state index in [1.165, 1.54) is 5.56 Å². The number of hydrogen-bond donors (Lipinski definition) is 0. The number of benzene rings is 2. The van der Waals surface area contributed by atoms with Gasteiger partial charge in [0, 0.05) is 38.4 Å². The van der Waals surface area contributed by atoms with Crippen molar-refractivity contribution in [3.05, 3.63) is 65.7 Å². The molecule has 1 heterocycles. The maximum Gasteiger partial charge on any atom is 0.338 e. The molecule has 0 saturated carbocycles. The number of carbonyl (C=O) groups excluding carboxylic acids is 1. The van der Waals surface area contributed by atoms with E-state index in [-0.39, 0.29) is 29.9 Å². The molecule has 5 heteroatoms. The molecule has 1 aliphatic heterocycles. The SMILES string of the molecule is CCOC(=O)c1cccc(N2CCN(Cc3ccccc3)CC2)c1.I. The predicted octanol–water partition coefficient (Wildman–Crippen LogP) is 3.80. The molecule has 0 unspecified atom stereocenters. The fraction of sp³-hybridized carbons (Fsp3) is 0.350. The van der Waals surface area contributed by atoms with Gasteiger partial charge >= 0.3 is 5.97 Å². The van der Waals surface area contributed by atoms with Gasteiger partial charge in [0.2, 0.25) is 0 Å². The molecule has 0 aromatic heterocycles. The smallest absolute Gasteiger partial charge is 0.338 e. The summed E-state index contributed by atoms with van der Waals surface area (Å²) in [7, 11) is 0. The Bertz CT molecular complexity index is 670. The zero-order valence-electron chi connectivity index (χ0n) is 14.6. The van der Waals surface area contributed by atoms with E-state index in [4.69, 9.17) is 4.74 Å². The molecule has 0 N–H and O–H groups in total. The van der Waals surface area contributed by atoms with Crippen LogP contribution in [0, 0.1) is 0 Å². The number of halogens is 1. The molecule has 3 rings (SSSR count). The number of esters is 1. The molecule has 0 spiro atoms. The van der Waals surface area contributed by atoms with Crippen LogP contribution in [0.1, 0.15) is 22.8 Å². The highest BCUT2D eigenvalue weighted by Crippen LogP contribution is 2.19. The lowest BCUT2D eigenvalue weighted by Crippen LogP contribution is -2.46. The monoisotopic (exact) mass is 452 g/mol. The minimum atomic E-state index is -0.248. The van der Waals surface area contributed by atoms with Crippen molar-refractivity contribution < 1.29 is 9.53 Å². The van der Waals surface area contributed by atoms with Crippen LogP contribution in [0.3, 0.4) is 0 Å². The summed E-state index contributed by atoms with van der Waals surface area (Å²) in [6, 6.07) is 18.3. The summed E-state index contributed by atoms with van der Waals surface area (Å²) in [6.45, 7) is 7.22. The minimum absolute atomic E-state index is 0. The molecule has 0 radical (unpaired) electrons. The first-order chi connectivity index (χ1) is 11.8. The van der Waals surface area contributed by atoms with Crippen LogP contribution in [0.25, 0.3) is 0 Å². The molecule has 2 aromatic carbocycles. The molecule has 134 valence electrons. The van der Waals surface area contributed by atoms with Crippen molar-refractivity contribution in [1.82, 2.24) is 4.90 Å². The molecular formula is C20H25IN2O2. The summed E-state index contributed by atoms with van der Waals surface area (Å²) in [5.74, 6) is -0.248. The largest absolute Gasteiger partial charge is 0.462 e. The van der Waals surface area contributed by atoms with Gasteiger partial charge in [-0.1, -0.05) is 36.4 Å². The van der Waals surface area contributed by atoms with E-state index >= 15 is 0 Å². The van der Waals surface area contributed by atoms with Crippen molar-refractivity contribution in [3.8, 4) is 0 Å². The second-order valence-corrected chi connectivity index (χ2v) is 6.02. The lowest BCUT2D eigenvalue weighted by Gasteiger charge is -2.36. The first kappa shape index (κ1) is 19.7. The van der Waals surface area contributed by atoms with Gasteiger partial charge in [-0.05, 0) is 30.7 Å². The van der Waals surface area contributed by atoms with Gasteiger partial charge in [-0.2, -0.15) is 0 Å². The fourth-order valence-electron chi connectivity index (χ4n) is 3.05. The van der Waals surface area contributed by atoms with Crippen molar-refractivity contribution >= 4 is 35.6 Å². The van der Waals surface area contributed by atoms with Crippen LogP contribution in [0.4, 0.5) is 5.69 Å². The van der Waals surface area contributed by atoms with Crippen LogP contribution in [-0.2, 0) is 11.3 Å². The Labute approximate surface area is 166 Å². The van der Waals surface area contributed by atoms with E-state index < -0.39 is 0 Å². The van der Waals surface area contributed by atoms with E-state index in [1.807, 2.05) is 25.1 Å². The highest BCUT2D eigenvalue weighted by Gasteiger charge is 2.18. The molecule has 0 atom stereocenters. The number of rotatable bonds is 5. The third-order valence-corrected chi connectivity index (χ3v) is 4.34. The Balaban J connectivity index is 0.00000225. The Morgan fingerprint density at radius 2 is 1.72 bits per heavy atom. The maximum absolute atomic E-state index is 11.9. The van der Waals surface area contributed by atoms with Crippen molar-refractivity contribution in [2.75, 3.05) is 37.7 Å². The van der Waals surface area contributed by atoms with Crippen LogP contribution in [0.2, 0.25) is 0 Å². The number of ether oxygens (including phenoxy) is 1. The number of carbonyl (C=O) groups is 1. The van der Waals surface area contributed by atoms with Gasteiger partial charge in [-0.3, -0.25) is 4.90 Å². The van der Waals surface area contributed by atoms with Gasteiger partial charge in [0.1, 0.15) is 0 Å². The van der Waals surface area contributed by atoms with Crippen LogP contribution in [0.15, 0.2) is 54.6 Å². The van der Waals surface area contributed by atoms with Gasteiger partial charge in [-0.15, -0.1) is 24.0 Å². The molecule has 0 bridgehead atoms. The lowest BCUT2D eigenvalue weighted by molar-refractivity contribution is 0.0526. The van der Waals surface area contributed by atoms with Gasteiger partial charge in [0.25, 0.3) is 0 Å². The second-order valence-electron chi connectivity index (χ2n) is 6.02. The first-order valence-electron chi connectivity index (χ1n) is 8.54. The molecule has 0 aliphatic carbocycles. The van der Waals surface area contributed by atoms with E-state index in [0.29, 0.717) is 12.2 Å². The highest BCUT2D eigenvalue weighted by molar-refractivity contribution is 14.0. The normalized spacial score (nSPS) is 14.7. The molecule has 2 aromatic rings. The van der Waals surface area contributed by atoms with Crippen molar-refractivity contribution in [2.24, 2.45) is 0 Å². The molecule has 4 nitrogen and oxygen atoms in total. The molecule has 1 aliphatic rings. The molecule has 1 fully saturated rings. The lowest BCUT2D eigenvalue weighted by atomic mass is 10.1. The average Bonchev–Trinajstić information content (AvgIpc) is 2.63. The van der Waals surface area contributed by atoms with Crippen LogP contribution >= 0.6 is 24.0 Å². The first-order valence-corrected chi connectivity index (χ1v) is 8.54. The van der Waals surface area contributed by atoms with Crippen LogP contribution in [-0.4, -0.2) is 43.7 Å². The van der Waals surface area contributed by atoms with Gasteiger partial charge in [0.05, 0.1) is 12.2 Å². The zero-order chi connectivity index (χ0) is 16.8. The average molecular weight is 452 g/mol. The van der Waals surface area contributed by atoms with E-state index in [9.17, 15) is 4.79 Å². The quantitative estimate of drug-likeness (QED) is 0.511. The highest BCUT2D eigenvalue weighted by atomic mass is 127. The number of piperazine rings is 1. The number of nitrogens with zero attached hydrogens (tertiary/aromatic N) is 2. The minimum Gasteiger partial charge on any atom is -0.462 e. The van der Waals surface area contributed by atoms with Gasteiger partial charge < -0.3 is 9.64 Å². The maximum atomic E-state index is 11.9. The zero-order valence-corrected chi connectivity index (χ0v) is 16.9. The van der Waals surface area contributed by atoms with E-state index in [1.54, 1.807) is 0 Å². The van der Waals surface area contributed by atoms with Gasteiger partial charge in [0.15, 0.2) is 0 Å². The molecular weight excluding hydrogens is 427 g/mol. The third-order valence-electron chi connectivity index (χ3n) is 4.34. The second kappa shape index (κ2) is 9.77. The summed E-state index contributed by atoms with van der Waals surface area (Å²) in [4.78, 5) is 16.7. The molecule has 0 amide bonds. The summed E-state index contributed by atoms with van der Waals surface area (Å²) in [5, 5.41) is 0. The topological polar surface area (TPSA) is 32.8 Å². The summed E-state index contributed by atoms with van der Waals surface area (Å²) >= 11 is 0. The Hall–Kier alpha value is -1.60. The van der Waals surface area contributed by atoms with Crippen LogP contribution < -0.4 is 4.90 Å². The predicted molar refractivity (Wildman–Crippen MR) is 112 cm³/mol. The Morgan fingerprint density at radius 3 is 2.40 bits per heavy atom. The molecule has 1 saturated heterocycles. The van der Waals surface area contributed by atoms with Crippen molar-refractivity contribution in [2.45, 2.75) is 13.5 Å². The Morgan fingerprint density at radius 1 is 1.00 bits per heavy atom. The van der Waals surface area contributed by atoms with E-state index in [2.05, 4.69) is 46.2 Å². The third kappa shape index (κ3) is 5.44. The standard InChI is InChI=1S/C20H24N2O2.HI/c1-2-24-20(23)18-9-6-10-19(15-18)22-13-11-21(12-14-22)16-17-7-4-3-5-8-17;/h3-10,15H,2,11-14,16H2,1H3;1H.